The van der Waals surface area contributed by atoms with E-state index in [0.717, 1.165) is 186 Å². The van der Waals surface area contributed by atoms with Gasteiger partial charge >= 0.3 is 17.9 Å². The second-order valence-corrected chi connectivity index (χ2v) is 19.8. The van der Waals surface area contributed by atoms with Crippen molar-refractivity contribution in [2.45, 2.75) is 245 Å². The number of allylic oxidation sites excluding steroid dienone is 30. The quantitative estimate of drug-likeness (QED) is 0.0261. The maximum Gasteiger partial charge on any atom is 0.306 e. The lowest BCUT2D eigenvalue weighted by Gasteiger charge is -2.18. The van der Waals surface area contributed by atoms with Gasteiger partial charge in [-0.3, -0.25) is 14.4 Å². The first kappa shape index (κ1) is 73.5. The van der Waals surface area contributed by atoms with Crippen LogP contribution in [0.3, 0.4) is 0 Å². The van der Waals surface area contributed by atoms with Crippen molar-refractivity contribution >= 4 is 17.9 Å². The fourth-order valence-electron chi connectivity index (χ4n) is 7.81. The van der Waals surface area contributed by atoms with E-state index in [4.69, 9.17) is 14.2 Å². The van der Waals surface area contributed by atoms with Crippen LogP contribution in [-0.2, 0) is 28.6 Å². The SMILES string of the molecule is CC/C=C\C/C=C\C/C=C\C/C=C\C/C=C\C/C=C\C/C=C\CCCCCC(=O)OCC(COC(=O)CCCCCC/C=C\C/C=C\C/C=C\C/C=C\CC)OC(=O)CCCCCCCC/C=C\C/C=C\C/C=C\C/C=C\CC. The molecule has 0 spiro atoms. The van der Waals surface area contributed by atoms with E-state index >= 15 is 0 Å². The van der Waals surface area contributed by atoms with Gasteiger partial charge in [0, 0.05) is 19.3 Å². The van der Waals surface area contributed by atoms with Crippen molar-refractivity contribution in [3.05, 3.63) is 182 Å². The number of carbonyl (C=O) groups is 3. The summed E-state index contributed by atoms with van der Waals surface area (Å²) in [7, 11) is 0. The summed E-state index contributed by atoms with van der Waals surface area (Å²) >= 11 is 0. The van der Waals surface area contributed by atoms with Gasteiger partial charge in [-0.15, -0.1) is 0 Å². The molecule has 0 radical (unpaired) electrons. The number of hydrogen-bond donors (Lipinski definition) is 0. The molecule has 0 aliphatic rings. The smallest absolute Gasteiger partial charge is 0.306 e. The molecule has 0 saturated heterocycles. The zero-order valence-corrected chi connectivity index (χ0v) is 50.3. The van der Waals surface area contributed by atoms with Crippen LogP contribution in [0.2, 0.25) is 0 Å². The van der Waals surface area contributed by atoms with Crippen LogP contribution in [0, 0.1) is 0 Å². The van der Waals surface area contributed by atoms with Crippen LogP contribution >= 0.6 is 0 Å². The fraction of sp³-hybridized carbons (Fsp3) is 0.548. The Labute approximate surface area is 484 Å². The topological polar surface area (TPSA) is 78.9 Å². The van der Waals surface area contributed by atoms with Gasteiger partial charge in [-0.1, -0.05) is 248 Å². The van der Waals surface area contributed by atoms with Crippen molar-refractivity contribution in [2.24, 2.45) is 0 Å². The summed E-state index contributed by atoms with van der Waals surface area (Å²) in [5.41, 5.74) is 0. The molecule has 6 nitrogen and oxygen atoms in total. The average molecular weight is 1090 g/mol. The Morgan fingerprint density at radius 2 is 0.456 bits per heavy atom. The molecule has 1 atom stereocenters. The van der Waals surface area contributed by atoms with Crippen LogP contribution in [0.5, 0.6) is 0 Å². The number of carbonyl (C=O) groups excluding carboxylic acids is 3. The van der Waals surface area contributed by atoms with Crippen molar-refractivity contribution in [3.8, 4) is 0 Å². The molecular formula is C73H112O6. The largest absolute Gasteiger partial charge is 0.462 e. The van der Waals surface area contributed by atoms with E-state index < -0.39 is 6.10 Å². The molecule has 6 heteroatoms. The summed E-state index contributed by atoms with van der Waals surface area (Å²) < 4.78 is 16.9. The third-order valence-electron chi connectivity index (χ3n) is 12.4. The van der Waals surface area contributed by atoms with Gasteiger partial charge < -0.3 is 14.2 Å². The summed E-state index contributed by atoms with van der Waals surface area (Å²) in [6, 6.07) is 0. The molecule has 0 aromatic rings. The lowest BCUT2D eigenvalue weighted by molar-refractivity contribution is -0.167. The molecule has 0 rings (SSSR count). The van der Waals surface area contributed by atoms with Crippen molar-refractivity contribution in [1.82, 2.24) is 0 Å². The van der Waals surface area contributed by atoms with Gasteiger partial charge in [-0.05, 0) is 154 Å². The summed E-state index contributed by atoms with van der Waals surface area (Å²) in [5.74, 6) is -0.994. The van der Waals surface area contributed by atoms with Crippen molar-refractivity contribution in [3.63, 3.8) is 0 Å². The maximum atomic E-state index is 12.9. The Morgan fingerprint density at radius 1 is 0.253 bits per heavy atom. The highest BCUT2D eigenvalue weighted by Crippen LogP contribution is 2.13. The molecule has 0 aromatic heterocycles. The summed E-state index contributed by atoms with van der Waals surface area (Å²) in [4.78, 5) is 38.3. The molecule has 0 bridgehead atoms. The minimum absolute atomic E-state index is 0.117. The summed E-state index contributed by atoms with van der Waals surface area (Å²) in [6.07, 6.45) is 97.4. The fourth-order valence-corrected chi connectivity index (χ4v) is 7.81. The van der Waals surface area contributed by atoms with E-state index in [1.807, 2.05) is 0 Å². The van der Waals surface area contributed by atoms with Gasteiger partial charge in [0.25, 0.3) is 0 Å². The first-order chi connectivity index (χ1) is 39.0. The molecule has 0 aliphatic heterocycles. The Bertz CT molecular complexity index is 1870. The van der Waals surface area contributed by atoms with Gasteiger partial charge in [0.05, 0.1) is 0 Å². The molecule has 79 heavy (non-hydrogen) atoms. The molecular weight excluding hydrogens is 973 g/mol. The van der Waals surface area contributed by atoms with E-state index in [1.54, 1.807) is 0 Å². The molecule has 0 amide bonds. The zero-order chi connectivity index (χ0) is 57.1. The Hall–Kier alpha value is -5.49. The molecule has 0 saturated carbocycles. The highest BCUT2D eigenvalue weighted by molar-refractivity contribution is 5.71. The molecule has 0 N–H and O–H groups in total. The highest BCUT2D eigenvalue weighted by atomic mass is 16.6. The lowest BCUT2D eigenvalue weighted by Crippen LogP contribution is -2.30. The maximum absolute atomic E-state index is 12.9. The number of unbranched alkanes of at least 4 members (excludes halogenated alkanes) is 13. The molecule has 1 unspecified atom stereocenters. The standard InChI is InChI=1S/C73H112O6/c1-4-7-10-13-16-19-22-25-28-31-33-34-35-36-37-38-40-42-45-48-51-54-57-60-63-66-72(75)78-69-70(68-77-71(74)65-62-59-56-53-50-47-44-41-30-27-24-21-18-15-12-9-6-3)79-73(76)67-64-61-58-55-52-49-46-43-39-32-29-26-23-20-17-14-11-8-5-2/h7-12,16-21,25-30,33-34,36-37,39-40,42-44,47-48,51,70H,4-6,13-15,22-24,31-32,35,38,41,45-46,49-50,52-69H2,1-3H3/b10-7-,11-8-,12-9-,19-16-,20-17-,21-18-,28-25-,29-26-,30-27-,34-33-,37-36-,42-40-,43-39-,47-44-,51-48-. The van der Waals surface area contributed by atoms with Gasteiger partial charge in [-0.25, -0.2) is 0 Å². The minimum Gasteiger partial charge on any atom is -0.462 e. The molecule has 0 aliphatic carbocycles. The highest BCUT2D eigenvalue weighted by Gasteiger charge is 2.19. The normalized spacial score (nSPS) is 13.4. The van der Waals surface area contributed by atoms with E-state index in [9.17, 15) is 14.4 Å². The summed E-state index contributed by atoms with van der Waals surface area (Å²) in [5, 5.41) is 0. The molecule has 440 valence electrons. The number of rotatable bonds is 54. The third kappa shape index (κ3) is 63.2. The molecule has 0 heterocycles. The van der Waals surface area contributed by atoms with Crippen LogP contribution < -0.4 is 0 Å². The van der Waals surface area contributed by atoms with E-state index in [2.05, 4.69) is 203 Å². The van der Waals surface area contributed by atoms with Crippen LogP contribution in [-0.4, -0.2) is 37.2 Å². The monoisotopic (exact) mass is 1080 g/mol. The number of ether oxygens (including phenoxy) is 3. The molecule has 0 fully saturated rings. The second-order valence-electron chi connectivity index (χ2n) is 19.8. The van der Waals surface area contributed by atoms with Crippen molar-refractivity contribution in [1.29, 1.82) is 0 Å². The van der Waals surface area contributed by atoms with E-state index in [0.29, 0.717) is 12.8 Å². The van der Waals surface area contributed by atoms with Gasteiger partial charge in [0.15, 0.2) is 6.10 Å². The first-order valence-corrected chi connectivity index (χ1v) is 31.3. The number of esters is 3. The predicted octanol–water partition coefficient (Wildman–Crippen LogP) is 21.7. The van der Waals surface area contributed by atoms with Gasteiger partial charge in [0.2, 0.25) is 0 Å². The predicted molar refractivity (Wildman–Crippen MR) is 343 cm³/mol. The van der Waals surface area contributed by atoms with Crippen LogP contribution in [0.4, 0.5) is 0 Å². The Kier molecular flexibility index (Phi) is 60.5. The Morgan fingerprint density at radius 3 is 0.722 bits per heavy atom. The van der Waals surface area contributed by atoms with Gasteiger partial charge in [0.1, 0.15) is 13.2 Å². The zero-order valence-electron chi connectivity index (χ0n) is 50.3. The van der Waals surface area contributed by atoms with Crippen LogP contribution in [0.15, 0.2) is 182 Å². The summed E-state index contributed by atoms with van der Waals surface area (Å²) in [6.45, 7) is 6.23. The third-order valence-corrected chi connectivity index (χ3v) is 12.4. The first-order valence-electron chi connectivity index (χ1n) is 31.3. The minimum atomic E-state index is -0.823. The van der Waals surface area contributed by atoms with Crippen molar-refractivity contribution < 1.29 is 28.6 Å². The van der Waals surface area contributed by atoms with Crippen LogP contribution in [0.1, 0.15) is 239 Å². The van der Waals surface area contributed by atoms with Crippen molar-refractivity contribution in [2.75, 3.05) is 13.2 Å². The van der Waals surface area contributed by atoms with Gasteiger partial charge in [-0.2, -0.15) is 0 Å². The van der Waals surface area contributed by atoms with E-state index in [1.165, 1.54) is 12.8 Å². The van der Waals surface area contributed by atoms with Crippen LogP contribution in [0.25, 0.3) is 0 Å². The Balaban J connectivity index is 4.55. The average Bonchev–Trinajstić information content (AvgIpc) is 3.45. The number of hydrogen-bond acceptors (Lipinski definition) is 6. The molecule has 0 aromatic carbocycles. The lowest BCUT2D eigenvalue weighted by atomic mass is 10.1. The second kappa shape index (κ2) is 65.0. The van der Waals surface area contributed by atoms with E-state index in [-0.39, 0.29) is 37.5 Å².